The van der Waals surface area contributed by atoms with Gasteiger partial charge in [-0.25, -0.2) is 0 Å². The lowest BCUT2D eigenvalue weighted by Crippen LogP contribution is -2.44. The summed E-state index contributed by atoms with van der Waals surface area (Å²) in [5.74, 6) is 0.868. The Bertz CT molecular complexity index is 732. The van der Waals surface area contributed by atoms with E-state index in [4.69, 9.17) is 9.57 Å². The molecule has 0 bridgehead atoms. The summed E-state index contributed by atoms with van der Waals surface area (Å²) in [6.07, 6.45) is 2.96. The van der Waals surface area contributed by atoms with E-state index in [1.165, 1.54) is 5.56 Å². The molecule has 2 aliphatic rings. The number of ether oxygens (including phenoxy) is 1. The number of rotatable bonds is 4. The van der Waals surface area contributed by atoms with Crippen molar-refractivity contribution in [1.82, 2.24) is 4.90 Å². The van der Waals surface area contributed by atoms with Crippen molar-refractivity contribution in [3.8, 4) is 5.75 Å². The Morgan fingerprint density at radius 1 is 1.04 bits per heavy atom. The highest BCUT2D eigenvalue weighted by molar-refractivity contribution is 6.01. The van der Waals surface area contributed by atoms with Crippen LogP contribution in [0.1, 0.15) is 30.4 Å². The second-order valence-electron chi connectivity index (χ2n) is 6.98. The van der Waals surface area contributed by atoms with E-state index in [0.717, 1.165) is 55.9 Å². The van der Waals surface area contributed by atoms with E-state index in [0.29, 0.717) is 0 Å². The van der Waals surface area contributed by atoms with Gasteiger partial charge in [0.15, 0.2) is 0 Å². The number of hydrogen-bond acceptors (Lipinski definition) is 4. The van der Waals surface area contributed by atoms with Crippen molar-refractivity contribution < 1.29 is 9.57 Å². The molecule has 2 aliphatic heterocycles. The zero-order valence-corrected chi connectivity index (χ0v) is 14.6. The quantitative estimate of drug-likeness (QED) is 0.850. The summed E-state index contributed by atoms with van der Waals surface area (Å²) in [6, 6.07) is 18.7. The normalized spacial score (nSPS) is 19.5. The number of methoxy groups -OCH3 is 1. The Morgan fingerprint density at radius 2 is 1.76 bits per heavy atom. The SMILES string of the molecule is COc1ccc(C2=NOC3(CCN(Cc4ccccc4)CC3)C2)cc1. The second kappa shape index (κ2) is 6.89. The van der Waals surface area contributed by atoms with Gasteiger partial charge in [-0.1, -0.05) is 35.5 Å². The molecule has 4 rings (SSSR count). The zero-order valence-electron chi connectivity index (χ0n) is 14.6. The smallest absolute Gasteiger partial charge is 0.145 e. The molecule has 1 fully saturated rings. The van der Waals surface area contributed by atoms with E-state index in [1.54, 1.807) is 7.11 Å². The Kier molecular flexibility index (Phi) is 4.45. The van der Waals surface area contributed by atoms with E-state index in [9.17, 15) is 0 Å². The summed E-state index contributed by atoms with van der Waals surface area (Å²) < 4.78 is 5.23. The first-order chi connectivity index (χ1) is 12.3. The number of hydrogen-bond donors (Lipinski definition) is 0. The minimum absolute atomic E-state index is 0.109. The van der Waals surface area contributed by atoms with E-state index >= 15 is 0 Å². The van der Waals surface area contributed by atoms with E-state index < -0.39 is 0 Å². The molecule has 1 saturated heterocycles. The van der Waals surface area contributed by atoms with Gasteiger partial charge in [0.2, 0.25) is 0 Å². The highest BCUT2D eigenvalue weighted by Crippen LogP contribution is 2.36. The van der Waals surface area contributed by atoms with Crippen molar-refractivity contribution in [3.05, 3.63) is 65.7 Å². The van der Waals surface area contributed by atoms with Crippen molar-refractivity contribution >= 4 is 5.71 Å². The standard InChI is InChI=1S/C21H24N2O2/c1-24-19-9-7-18(8-10-19)20-15-21(25-22-20)11-13-23(14-12-21)16-17-5-3-2-4-6-17/h2-10H,11-16H2,1H3. The monoisotopic (exact) mass is 336 g/mol. The summed E-state index contributed by atoms with van der Waals surface area (Å²) >= 11 is 0. The van der Waals surface area contributed by atoms with E-state index in [2.05, 4.69) is 52.5 Å². The number of oxime groups is 1. The minimum atomic E-state index is -0.109. The lowest BCUT2D eigenvalue weighted by Gasteiger charge is -2.37. The molecule has 25 heavy (non-hydrogen) atoms. The summed E-state index contributed by atoms with van der Waals surface area (Å²) in [6.45, 7) is 3.13. The zero-order chi connectivity index (χ0) is 17.1. The van der Waals surface area contributed by atoms with Gasteiger partial charge in [-0.3, -0.25) is 4.90 Å². The van der Waals surface area contributed by atoms with Crippen molar-refractivity contribution in [1.29, 1.82) is 0 Å². The predicted octanol–water partition coefficient (Wildman–Crippen LogP) is 3.85. The van der Waals surface area contributed by atoms with Crippen LogP contribution >= 0.6 is 0 Å². The number of likely N-dealkylation sites (tertiary alicyclic amines) is 1. The Morgan fingerprint density at radius 3 is 2.44 bits per heavy atom. The highest BCUT2D eigenvalue weighted by Gasteiger charge is 2.42. The Balaban J connectivity index is 1.34. The van der Waals surface area contributed by atoms with Gasteiger partial charge in [0.25, 0.3) is 0 Å². The van der Waals surface area contributed by atoms with Gasteiger partial charge in [0.05, 0.1) is 12.8 Å². The largest absolute Gasteiger partial charge is 0.497 e. The van der Waals surface area contributed by atoms with Gasteiger partial charge in [-0.2, -0.15) is 0 Å². The minimum Gasteiger partial charge on any atom is -0.497 e. The second-order valence-corrected chi connectivity index (χ2v) is 6.98. The first-order valence-electron chi connectivity index (χ1n) is 8.92. The van der Waals surface area contributed by atoms with Crippen molar-refractivity contribution in [3.63, 3.8) is 0 Å². The fourth-order valence-corrected chi connectivity index (χ4v) is 3.69. The summed E-state index contributed by atoms with van der Waals surface area (Å²) in [5, 5.41) is 4.40. The molecule has 4 nitrogen and oxygen atoms in total. The van der Waals surface area contributed by atoms with Crippen molar-refractivity contribution in [2.45, 2.75) is 31.4 Å². The van der Waals surface area contributed by atoms with Crippen LogP contribution in [0.15, 0.2) is 59.8 Å². The summed E-state index contributed by atoms with van der Waals surface area (Å²) in [7, 11) is 1.68. The molecule has 2 heterocycles. The molecule has 0 saturated carbocycles. The maximum atomic E-state index is 5.93. The average Bonchev–Trinajstić information content (AvgIpc) is 3.09. The van der Waals surface area contributed by atoms with Gasteiger partial charge >= 0.3 is 0 Å². The fraction of sp³-hybridized carbons (Fsp3) is 0.381. The summed E-state index contributed by atoms with van der Waals surface area (Å²) in [5.41, 5.74) is 3.45. The van der Waals surface area contributed by atoms with Gasteiger partial charge in [0.1, 0.15) is 11.4 Å². The number of piperidine rings is 1. The number of nitrogens with zero attached hydrogens (tertiary/aromatic N) is 2. The first kappa shape index (κ1) is 16.2. The van der Waals surface area contributed by atoms with Gasteiger partial charge < -0.3 is 9.57 Å². The van der Waals surface area contributed by atoms with Crippen LogP contribution in [-0.4, -0.2) is 36.4 Å². The average molecular weight is 336 g/mol. The molecule has 0 radical (unpaired) electrons. The van der Waals surface area contributed by atoms with Crippen LogP contribution in [0.2, 0.25) is 0 Å². The molecule has 2 aromatic rings. The van der Waals surface area contributed by atoms with E-state index in [-0.39, 0.29) is 5.60 Å². The predicted molar refractivity (Wildman–Crippen MR) is 98.9 cm³/mol. The topological polar surface area (TPSA) is 34.1 Å². The summed E-state index contributed by atoms with van der Waals surface area (Å²) in [4.78, 5) is 8.44. The molecule has 0 amide bonds. The maximum Gasteiger partial charge on any atom is 0.145 e. The van der Waals surface area contributed by atoms with E-state index in [1.807, 2.05) is 12.1 Å². The lowest BCUT2D eigenvalue weighted by molar-refractivity contribution is -0.0627. The maximum absolute atomic E-state index is 5.93. The van der Waals surface area contributed by atoms with Crippen LogP contribution in [0.3, 0.4) is 0 Å². The molecule has 0 atom stereocenters. The van der Waals surface area contributed by atoms with Crippen LogP contribution in [0.4, 0.5) is 0 Å². The lowest BCUT2D eigenvalue weighted by atomic mass is 9.85. The molecular formula is C21H24N2O2. The highest BCUT2D eigenvalue weighted by atomic mass is 16.7. The molecule has 0 aromatic heterocycles. The Labute approximate surface area is 149 Å². The Hall–Kier alpha value is -2.33. The van der Waals surface area contributed by atoms with Crippen LogP contribution in [0, 0.1) is 0 Å². The van der Waals surface area contributed by atoms with Crippen LogP contribution in [0.25, 0.3) is 0 Å². The van der Waals surface area contributed by atoms with Crippen LogP contribution in [-0.2, 0) is 11.4 Å². The molecule has 4 heteroatoms. The van der Waals surface area contributed by atoms with Crippen LogP contribution in [0.5, 0.6) is 5.75 Å². The van der Waals surface area contributed by atoms with Gasteiger partial charge in [0, 0.05) is 38.9 Å². The molecule has 0 N–H and O–H groups in total. The molecule has 0 unspecified atom stereocenters. The molecular weight excluding hydrogens is 312 g/mol. The third kappa shape index (κ3) is 3.54. The molecule has 130 valence electrons. The molecule has 1 spiro atoms. The fourth-order valence-electron chi connectivity index (χ4n) is 3.69. The third-order valence-electron chi connectivity index (χ3n) is 5.28. The van der Waals surface area contributed by atoms with Crippen LogP contribution < -0.4 is 4.74 Å². The molecule has 0 aliphatic carbocycles. The third-order valence-corrected chi connectivity index (χ3v) is 5.28. The van der Waals surface area contributed by atoms with Crippen molar-refractivity contribution in [2.75, 3.05) is 20.2 Å². The van der Waals surface area contributed by atoms with Gasteiger partial charge in [-0.05, 0) is 35.4 Å². The molecule has 2 aromatic carbocycles. The van der Waals surface area contributed by atoms with Gasteiger partial charge in [-0.15, -0.1) is 0 Å². The number of benzene rings is 2. The van der Waals surface area contributed by atoms with Crippen molar-refractivity contribution in [2.24, 2.45) is 5.16 Å². The first-order valence-corrected chi connectivity index (χ1v) is 8.92.